The lowest BCUT2D eigenvalue weighted by molar-refractivity contribution is 0.375. The quantitative estimate of drug-likeness (QED) is 0.717. The van der Waals surface area contributed by atoms with E-state index >= 15 is 0 Å². The molecule has 1 rings (SSSR count). The topological polar surface area (TPSA) is 44.5 Å². The fourth-order valence-electron chi connectivity index (χ4n) is 2.18. The molecule has 0 fully saturated rings. The van der Waals surface area contributed by atoms with Gasteiger partial charge < -0.3 is 15.2 Å². The highest BCUT2D eigenvalue weighted by Gasteiger charge is 2.16. The zero-order valence-electron chi connectivity index (χ0n) is 11.7. The van der Waals surface area contributed by atoms with Crippen LogP contribution >= 0.6 is 0 Å². The van der Waals surface area contributed by atoms with Crippen LogP contribution in [0, 0.1) is 0 Å². The van der Waals surface area contributed by atoms with Gasteiger partial charge in [-0.05, 0) is 18.6 Å². The maximum Gasteiger partial charge on any atom is 0.127 e. The number of nitrogens with two attached hydrogens (primary N) is 1. The molecular formula is C15H25NO2. The third-order valence-corrected chi connectivity index (χ3v) is 3.21. The van der Waals surface area contributed by atoms with Gasteiger partial charge in [-0.25, -0.2) is 0 Å². The molecule has 18 heavy (non-hydrogen) atoms. The van der Waals surface area contributed by atoms with Crippen LogP contribution in [-0.2, 0) is 0 Å². The van der Waals surface area contributed by atoms with Gasteiger partial charge in [0.15, 0.2) is 0 Å². The molecule has 0 aliphatic carbocycles. The summed E-state index contributed by atoms with van der Waals surface area (Å²) in [5, 5.41) is 0. The average molecular weight is 251 g/mol. The molecule has 3 heteroatoms. The van der Waals surface area contributed by atoms with E-state index in [1.165, 1.54) is 19.3 Å². The van der Waals surface area contributed by atoms with Crippen molar-refractivity contribution in [3.63, 3.8) is 0 Å². The standard InChI is InChI=1S/C15H25NO2/c1-4-5-6-7-9-12(16)15-13(17-2)10-8-11-14(15)18-3/h8,10-12H,4-7,9,16H2,1-3H3. The summed E-state index contributed by atoms with van der Waals surface area (Å²) in [5.74, 6) is 1.63. The Morgan fingerprint density at radius 1 is 1.06 bits per heavy atom. The molecule has 0 saturated heterocycles. The lowest BCUT2D eigenvalue weighted by Gasteiger charge is -2.18. The van der Waals surface area contributed by atoms with Crippen molar-refractivity contribution in [2.45, 2.75) is 45.1 Å². The molecule has 0 aliphatic heterocycles. The van der Waals surface area contributed by atoms with Gasteiger partial charge in [-0.15, -0.1) is 0 Å². The molecule has 0 heterocycles. The molecule has 0 aliphatic rings. The molecule has 0 bridgehead atoms. The second kappa shape index (κ2) is 7.98. The van der Waals surface area contributed by atoms with E-state index in [1.807, 2.05) is 18.2 Å². The van der Waals surface area contributed by atoms with Crippen LogP contribution < -0.4 is 15.2 Å². The van der Waals surface area contributed by atoms with Crippen molar-refractivity contribution < 1.29 is 9.47 Å². The predicted octanol–water partition coefficient (Wildman–Crippen LogP) is 3.67. The van der Waals surface area contributed by atoms with Crippen LogP contribution in [0.3, 0.4) is 0 Å². The Balaban J connectivity index is 2.73. The van der Waals surface area contributed by atoms with E-state index < -0.39 is 0 Å². The normalized spacial score (nSPS) is 12.2. The fourth-order valence-corrected chi connectivity index (χ4v) is 2.18. The highest BCUT2D eigenvalue weighted by atomic mass is 16.5. The van der Waals surface area contributed by atoms with Crippen molar-refractivity contribution in [3.8, 4) is 11.5 Å². The van der Waals surface area contributed by atoms with Crippen molar-refractivity contribution in [1.29, 1.82) is 0 Å². The summed E-state index contributed by atoms with van der Waals surface area (Å²) in [4.78, 5) is 0. The minimum atomic E-state index is -0.0204. The smallest absolute Gasteiger partial charge is 0.127 e. The van der Waals surface area contributed by atoms with Crippen LogP contribution in [0.5, 0.6) is 11.5 Å². The number of unbranched alkanes of at least 4 members (excludes halogenated alkanes) is 3. The van der Waals surface area contributed by atoms with Crippen LogP contribution in [0.2, 0.25) is 0 Å². The van der Waals surface area contributed by atoms with Crippen LogP contribution in [0.4, 0.5) is 0 Å². The third-order valence-electron chi connectivity index (χ3n) is 3.21. The first kappa shape index (κ1) is 14.8. The highest BCUT2D eigenvalue weighted by Crippen LogP contribution is 2.34. The molecule has 3 nitrogen and oxygen atoms in total. The monoisotopic (exact) mass is 251 g/mol. The molecule has 0 aromatic heterocycles. The van der Waals surface area contributed by atoms with Gasteiger partial charge in [-0.2, -0.15) is 0 Å². The van der Waals surface area contributed by atoms with Crippen molar-refractivity contribution >= 4 is 0 Å². The summed E-state index contributed by atoms with van der Waals surface area (Å²) in [5.41, 5.74) is 7.26. The van der Waals surface area contributed by atoms with Gasteiger partial charge in [-0.3, -0.25) is 0 Å². The van der Waals surface area contributed by atoms with Crippen LogP contribution in [0.1, 0.15) is 50.6 Å². The summed E-state index contributed by atoms with van der Waals surface area (Å²) in [6, 6.07) is 5.77. The van der Waals surface area contributed by atoms with E-state index in [1.54, 1.807) is 14.2 Å². The minimum absolute atomic E-state index is 0.0204. The number of hydrogen-bond donors (Lipinski definition) is 1. The highest BCUT2D eigenvalue weighted by molar-refractivity contribution is 5.46. The summed E-state index contributed by atoms with van der Waals surface area (Å²) >= 11 is 0. The zero-order valence-corrected chi connectivity index (χ0v) is 11.7. The first-order valence-corrected chi connectivity index (χ1v) is 6.71. The number of hydrogen-bond acceptors (Lipinski definition) is 3. The maximum atomic E-state index is 6.27. The van der Waals surface area contributed by atoms with Crippen molar-refractivity contribution in [3.05, 3.63) is 23.8 Å². The van der Waals surface area contributed by atoms with Crippen LogP contribution in [0.15, 0.2) is 18.2 Å². The molecule has 0 radical (unpaired) electrons. The van der Waals surface area contributed by atoms with Crippen molar-refractivity contribution in [1.82, 2.24) is 0 Å². The van der Waals surface area contributed by atoms with Gasteiger partial charge in [0.1, 0.15) is 11.5 Å². The molecule has 0 amide bonds. The Morgan fingerprint density at radius 2 is 1.67 bits per heavy atom. The predicted molar refractivity (Wildman–Crippen MR) is 75.2 cm³/mol. The van der Waals surface area contributed by atoms with Gasteiger partial charge in [0.2, 0.25) is 0 Å². The molecule has 1 unspecified atom stereocenters. The van der Waals surface area contributed by atoms with Crippen molar-refractivity contribution in [2.75, 3.05) is 14.2 Å². The largest absolute Gasteiger partial charge is 0.496 e. The summed E-state index contributed by atoms with van der Waals surface area (Å²) < 4.78 is 10.8. The fraction of sp³-hybridized carbons (Fsp3) is 0.600. The first-order chi connectivity index (χ1) is 8.74. The second-order valence-electron chi connectivity index (χ2n) is 4.53. The number of benzene rings is 1. The Kier molecular flexibility index (Phi) is 6.58. The Labute approximate surface area is 110 Å². The lowest BCUT2D eigenvalue weighted by atomic mass is 9.99. The second-order valence-corrected chi connectivity index (χ2v) is 4.53. The van der Waals surface area contributed by atoms with E-state index in [0.717, 1.165) is 29.9 Å². The Bertz CT molecular complexity index is 330. The maximum absolute atomic E-state index is 6.27. The van der Waals surface area contributed by atoms with Crippen molar-refractivity contribution in [2.24, 2.45) is 5.73 Å². The van der Waals surface area contributed by atoms with Gasteiger partial charge >= 0.3 is 0 Å². The summed E-state index contributed by atoms with van der Waals surface area (Å²) in [6.07, 6.45) is 5.87. The van der Waals surface area contributed by atoms with E-state index in [-0.39, 0.29) is 6.04 Å². The lowest BCUT2D eigenvalue weighted by Crippen LogP contribution is -2.13. The van der Waals surface area contributed by atoms with Gasteiger partial charge in [0, 0.05) is 6.04 Å². The molecule has 1 aromatic carbocycles. The summed E-state index contributed by atoms with van der Waals surface area (Å²) in [6.45, 7) is 2.21. The zero-order chi connectivity index (χ0) is 13.4. The molecule has 1 atom stereocenters. The molecule has 0 saturated carbocycles. The molecule has 0 spiro atoms. The van der Waals surface area contributed by atoms with E-state index in [0.29, 0.717) is 0 Å². The molecule has 1 aromatic rings. The molecule has 102 valence electrons. The third kappa shape index (κ3) is 3.91. The first-order valence-electron chi connectivity index (χ1n) is 6.71. The summed E-state index contributed by atoms with van der Waals surface area (Å²) in [7, 11) is 3.34. The molecule has 2 N–H and O–H groups in total. The Morgan fingerprint density at radius 3 is 2.17 bits per heavy atom. The van der Waals surface area contributed by atoms with Gasteiger partial charge in [-0.1, -0.05) is 38.7 Å². The van der Waals surface area contributed by atoms with E-state index in [2.05, 4.69) is 6.92 Å². The van der Waals surface area contributed by atoms with Gasteiger partial charge in [0.25, 0.3) is 0 Å². The van der Waals surface area contributed by atoms with E-state index in [4.69, 9.17) is 15.2 Å². The average Bonchev–Trinajstić information content (AvgIpc) is 2.42. The Hall–Kier alpha value is -1.22. The minimum Gasteiger partial charge on any atom is -0.496 e. The number of ether oxygens (including phenoxy) is 2. The van der Waals surface area contributed by atoms with E-state index in [9.17, 15) is 0 Å². The molecular weight excluding hydrogens is 226 g/mol. The number of rotatable bonds is 8. The van der Waals surface area contributed by atoms with Gasteiger partial charge in [0.05, 0.1) is 19.8 Å². The SMILES string of the molecule is CCCCCCC(N)c1c(OC)cccc1OC. The number of methoxy groups -OCH3 is 2. The van der Waals surface area contributed by atoms with Crippen LogP contribution in [0.25, 0.3) is 0 Å². The van der Waals surface area contributed by atoms with Crippen LogP contribution in [-0.4, -0.2) is 14.2 Å².